The minimum Gasteiger partial charge on any atom is -0.297 e. The molecular weight excluding hydrogens is 702 g/mol. The van der Waals surface area contributed by atoms with E-state index in [1.807, 2.05) is 12.3 Å². The lowest BCUT2D eigenvalue weighted by Crippen LogP contribution is -2.21. The lowest BCUT2D eigenvalue weighted by Gasteiger charge is -2.32. The highest BCUT2D eigenvalue weighted by Crippen LogP contribution is 2.65. The largest absolute Gasteiger partial charge is 0.297 e. The smallest absolute Gasteiger partial charge is 0.162 e. The minimum absolute atomic E-state index is 0.729. The highest BCUT2D eigenvalue weighted by atomic mass is 31.1. The van der Waals surface area contributed by atoms with Gasteiger partial charge in [0.2, 0.25) is 0 Å². The molecule has 3 aromatic heterocycles. The molecule has 0 N–H and O–H groups in total. The maximum Gasteiger partial charge on any atom is 0.162 e. The van der Waals surface area contributed by atoms with Gasteiger partial charge in [0.1, 0.15) is 14.0 Å². The van der Waals surface area contributed by atoms with Crippen LogP contribution in [0.25, 0.3) is 60.9 Å². The Morgan fingerprint density at radius 2 is 1.00 bits per heavy atom. The average Bonchev–Trinajstić information content (AvgIpc) is 3.80. The summed E-state index contributed by atoms with van der Waals surface area (Å²) in [5, 5.41) is 4.69. The van der Waals surface area contributed by atoms with Gasteiger partial charge in [0.05, 0.1) is 22.4 Å². The van der Waals surface area contributed by atoms with Gasteiger partial charge in [-0.3, -0.25) is 13.9 Å². The van der Waals surface area contributed by atoms with E-state index in [1.54, 1.807) is 0 Å². The van der Waals surface area contributed by atoms with Crippen LogP contribution in [-0.2, 0) is 0 Å². The van der Waals surface area contributed by atoms with Crippen LogP contribution in [0, 0.1) is 0 Å². The third-order valence-electron chi connectivity index (χ3n) is 10.7. The molecule has 5 nitrogen and oxygen atoms in total. The van der Waals surface area contributed by atoms with Crippen molar-refractivity contribution in [3.63, 3.8) is 0 Å². The van der Waals surface area contributed by atoms with Crippen LogP contribution in [0.5, 0.6) is 0 Å². The van der Waals surface area contributed by atoms with Crippen LogP contribution in [-0.4, -0.2) is 14.5 Å². The van der Waals surface area contributed by atoms with E-state index in [0.717, 1.165) is 44.6 Å². The van der Waals surface area contributed by atoms with E-state index < -0.39 is 8.22 Å². The van der Waals surface area contributed by atoms with E-state index in [-0.39, 0.29) is 0 Å². The predicted octanol–water partition coefficient (Wildman–Crippen LogP) is 13.0. The van der Waals surface area contributed by atoms with Crippen molar-refractivity contribution in [1.82, 2.24) is 14.5 Å². The van der Waals surface area contributed by atoms with Crippen LogP contribution in [0.1, 0.15) is 0 Å². The quantitative estimate of drug-likeness (QED) is 0.159. The molecule has 1 aliphatic heterocycles. The molecule has 0 amide bonds. The second-order valence-electron chi connectivity index (χ2n) is 14.0. The molecule has 0 radical (unpaired) electrons. The number of nitrogens with zero attached hydrogens (tertiary/aromatic N) is 5. The summed E-state index contributed by atoms with van der Waals surface area (Å²) >= 11 is 0. The van der Waals surface area contributed by atoms with Crippen LogP contribution in [0.3, 0.4) is 0 Å². The maximum absolute atomic E-state index is 5.17. The van der Waals surface area contributed by atoms with Gasteiger partial charge in [0.15, 0.2) is 5.65 Å². The summed E-state index contributed by atoms with van der Waals surface area (Å²) in [5.74, 6) is 0.848. The predicted molar refractivity (Wildman–Crippen MR) is 235 cm³/mol. The molecule has 264 valence electrons. The number of hydrogen-bond donors (Lipinski definition) is 0. The number of rotatable bonds is 6. The van der Waals surface area contributed by atoms with Gasteiger partial charge < -0.3 is 0 Å². The first-order chi connectivity index (χ1) is 27.8. The summed E-state index contributed by atoms with van der Waals surface area (Å²) < 4.78 is 7.37. The summed E-state index contributed by atoms with van der Waals surface area (Å²) in [6.45, 7) is 0. The van der Waals surface area contributed by atoms with E-state index >= 15 is 0 Å². The highest BCUT2D eigenvalue weighted by molar-refractivity contribution is 7.70. The summed E-state index contributed by atoms with van der Waals surface area (Å²) in [5.41, 5.74) is 12.3. The summed E-state index contributed by atoms with van der Waals surface area (Å²) in [7, 11) is -0.983. The molecule has 0 spiro atoms. The Morgan fingerprint density at radius 3 is 1.75 bits per heavy atom. The zero-order valence-electron chi connectivity index (χ0n) is 30.3. The molecule has 0 fully saturated rings. The van der Waals surface area contributed by atoms with Crippen molar-refractivity contribution >= 4 is 69.1 Å². The molecule has 4 heterocycles. The van der Waals surface area contributed by atoms with Gasteiger partial charge in [-0.05, 0) is 95.1 Å². The Bertz CT molecular complexity index is 3040. The van der Waals surface area contributed by atoms with Crippen molar-refractivity contribution < 1.29 is 0 Å². The molecule has 1 atom stereocenters. The monoisotopic (exact) mass is 735 g/mol. The Hall–Kier alpha value is -7.07. The molecule has 0 aliphatic carbocycles. The SMILES string of the molecule is c1ccc(-c2cc(-n3c4ccccc4c4cc(-c5ccc6c(c5)N(c5ccccc5)P(c5ccccc5)N6c5ccccc5)ccc43)nc3ncccc23)cc1. The van der Waals surface area contributed by atoms with Gasteiger partial charge in [-0.1, -0.05) is 127 Å². The first kappa shape index (κ1) is 32.4. The lowest BCUT2D eigenvalue weighted by atomic mass is 10.0. The molecular formula is C50H34N5P. The van der Waals surface area contributed by atoms with Crippen LogP contribution >= 0.6 is 8.22 Å². The van der Waals surface area contributed by atoms with Crippen molar-refractivity contribution in [1.29, 1.82) is 0 Å². The molecule has 0 saturated carbocycles. The van der Waals surface area contributed by atoms with E-state index in [1.165, 1.54) is 44.4 Å². The molecule has 56 heavy (non-hydrogen) atoms. The summed E-state index contributed by atoms with van der Waals surface area (Å²) in [6.07, 6.45) is 1.82. The summed E-state index contributed by atoms with van der Waals surface area (Å²) in [4.78, 5) is 9.90. The van der Waals surface area contributed by atoms with Gasteiger partial charge in [0.25, 0.3) is 0 Å². The number of aromatic nitrogens is 3. The third kappa shape index (κ3) is 5.28. The van der Waals surface area contributed by atoms with Crippen LogP contribution < -0.4 is 14.6 Å². The van der Waals surface area contributed by atoms with Gasteiger partial charge in [-0.25, -0.2) is 9.97 Å². The molecule has 1 aliphatic rings. The second-order valence-corrected chi connectivity index (χ2v) is 15.9. The zero-order valence-corrected chi connectivity index (χ0v) is 31.2. The first-order valence-corrected chi connectivity index (χ1v) is 20.1. The molecule has 0 saturated heterocycles. The fraction of sp³-hybridized carbons (Fsp3) is 0. The normalized spacial score (nSPS) is 13.8. The molecule has 0 bridgehead atoms. The van der Waals surface area contributed by atoms with Gasteiger partial charge in [-0.15, -0.1) is 0 Å². The molecule has 7 aromatic carbocycles. The number of hydrogen-bond acceptors (Lipinski definition) is 4. The second kappa shape index (κ2) is 13.3. The Kier molecular flexibility index (Phi) is 7.72. The van der Waals surface area contributed by atoms with Gasteiger partial charge >= 0.3 is 0 Å². The van der Waals surface area contributed by atoms with E-state index in [0.29, 0.717) is 0 Å². The number of anilines is 4. The molecule has 1 unspecified atom stereocenters. The van der Waals surface area contributed by atoms with Crippen molar-refractivity contribution in [3.8, 4) is 28.1 Å². The van der Waals surface area contributed by atoms with Gasteiger partial charge in [-0.2, -0.15) is 0 Å². The fourth-order valence-electron chi connectivity index (χ4n) is 8.19. The van der Waals surface area contributed by atoms with E-state index in [2.05, 4.69) is 208 Å². The highest BCUT2D eigenvalue weighted by Gasteiger charge is 2.39. The molecule has 10 aromatic rings. The Balaban J connectivity index is 1.10. The number of fused-ring (bicyclic) bond motifs is 5. The van der Waals surface area contributed by atoms with Crippen molar-refractivity contribution in [2.24, 2.45) is 0 Å². The van der Waals surface area contributed by atoms with Crippen LogP contribution in [0.4, 0.5) is 22.7 Å². The molecule has 11 rings (SSSR count). The number of benzene rings is 7. The standard InChI is InChI=1S/C50H34N5P/c1-5-16-35(17-6-1)43-34-49(52-50-42(43)25-15-31-51-50)53-45-26-14-13-24-41(45)44-32-36(27-29-46(44)53)37-28-30-47-48(33-37)55(39-20-9-3-10-21-39)56(40-22-11-4-12-23-40)54(47)38-18-7-2-8-19-38/h1-34H. The summed E-state index contributed by atoms with van der Waals surface area (Å²) in [6, 6.07) is 71.8. The Morgan fingerprint density at radius 1 is 0.411 bits per heavy atom. The first-order valence-electron chi connectivity index (χ1n) is 18.8. The van der Waals surface area contributed by atoms with Crippen LogP contribution in [0.2, 0.25) is 0 Å². The van der Waals surface area contributed by atoms with Crippen LogP contribution in [0.15, 0.2) is 206 Å². The van der Waals surface area contributed by atoms with Gasteiger partial charge in [0, 0.05) is 39.0 Å². The van der Waals surface area contributed by atoms with E-state index in [4.69, 9.17) is 9.97 Å². The van der Waals surface area contributed by atoms with Crippen molar-refractivity contribution in [3.05, 3.63) is 206 Å². The minimum atomic E-state index is -0.983. The fourth-order valence-corrected chi connectivity index (χ4v) is 10.7. The van der Waals surface area contributed by atoms with Crippen molar-refractivity contribution in [2.45, 2.75) is 0 Å². The van der Waals surface area contributed by atoms with Crippen molar-refractivity contribution in [2.75, 3.05) is 9.34 Å². The third-order valence-corrected chi connectivity index (χ3v) is 13.1. The number of pyridine rings is 2. The average molecular weight is 736 g/mol. The topological polar surface area (TPSA) is 37.2 Å². The lowest BCUT2D eigenvalue weighted by molar-refractivity contribution is 1.09. The zero-order chi connectivity index (χ0) is 37.0. The molecule has 6 heteroatoms. The maximum atomic E-state index is 5.17. The number of para-hydroxylation sites is 3. The Labute approximate surface area is 326 Å². The van der Waals surface area contributed by atoms with E-state index in [9.17, 15) is 0 Å².